The molecule has 1 atom stereocenters. The fourth-order valence-corrected chi connectivity index (χ4v) is 5.01. The normalized spacial score (nSPS) is 15.5. The summed E-state index contributed by atoms with van der Waals surface area (Å²) in [7, 11) is 2.83. The molecule has 0 radical (unpaired) electrons. The van der Waals surface area contributed by atoms with Gasteiger partial charge in [0.05, 0.1) is 36.6 Å². The van der Waals surface area contributed by atoms with Gasteiger partial charge in [0, 0.05) is 5.56 Å². The zero-order valence-corrected chi connectivity index (χ0v) is 20.6. The lowest BCUT2D eigenvalue weighted by molar-refractivity contribution is -0.136. The zero-order valence-electron chi connectivity index (χ0n) is 19.8. The molecule has 3 aromatic rings. The monoisotopic (exact) mass is 496 g/mol. The number of para-hydroxylation sites is 1. The summed E-state index contributed by atoms with van der Waals surface area (Å²) >= 11 is 1.19. The molecule has 9 heteroatoms. The van der Waals surface area contributed by atoms with Crippen molar-refractivity contribution in [3.05, 3.63) is 90.4 Å². The summed E-state index contributed by atoms with van der Waals surface area (Å²) in [5, 5.41) is 0. The van der Waals surface area contributed by atoms with E-state index < -0.39 is 12.0 Å². The molecule has 0 amide bonds. The van der Waals surface area contributed by atoms with E-state index in [4.69, 9.17) is 14.2 Å². The minimum atomic E-state index is -0.837. The Morgan fingerprint density at radius 3 is 2.60 bits per heavy atom. The number of hydrogen-bond acceptors (Lipinski definition) is 7. The number of carbonyl (C=O) groups excluding carboxylic acids is 1. The van der Waals surface area contributed by atoms with E-state index in [1.807, 2.05) is 6.92 Å². The Hall–Kier alpha value is -3.72. The molecule has 7 nitrogen and oxygen atoms in total. The van der Waals surface area contributed by atoms with Gasteiger partial charge in [0.1, 0.15) is 11.9 Å². The first kappa shape index (κ1) is 24.4. The van der Waals surface area contributed by atoms with Crippen LogP contribution in [0.25, 0.3) is 6.08 Å². The lowest BCUT2D eigenvalue weighted by Crippen LogP contribution is -2.40. The molecular weight excluding hydrogens is 471 g/mol. The third kappa shape index (κ3) is 4.64. The van der Waals surface area contributed by atoms with Crippen LogP contribution in [0.5, 0.6) is 11.5 Å². The fourth-order valence-electron chi connectivity index (χ4n) is 3.96. The van der Waals surface area contributed by atoms with Crippen LogP contribution < -0.4 is 24.4 Å². The van der Waals surface area contributed by atoms with Crippen LogP contribution in [-0.4, -0.2) is 31.4 Å². The van der Waals surface area contributed by atoms with Gasteiger partial charge >= 0.3 is 5.97 Å². The van der Waals surface area contributed by atoms with E-state index >= 15 is 0 Å². The second-order valence-corrected chi connectivity index (χ2v) is 8.86. The minimum absolute atomic E-state index is 0.239. The molecule has 1 aromatic heterocycles. The SMILES string of the molecule is CCCOc1c(OC)cccc1[C@H]1C(C(=O)OC)=C(C)N=c2s/c(=C\c3ccc(F)cc3)c(=O)n21. The summed E-state index contributed by atoms with van der Waals surface area (Å²) in [6.45, 7) is 4.12. The molecule has 0 fully saturated rings. The van der Waals surface area contributed by atoms with Crippen molar-refractivity contribution in [1.29, 1.82) is 0 Å². The van der Waals surface area contributed by atoms with Gasteiger partial charge in [-0.05, 0) is 43.2 Å². The number of nitrogens with zero attached hydrogens (tertiary/aromatic N) is 2. The van der Waals surface area contributed by atoms with Crippen molar-refractivity contribution >= 4 is 23.4 Å². The number of methoxy groups -OCH3 is 2. The van der Waals surface area contributed by atoms with Gasteiger partial charge in [-0.25, -0.2) is 14.2 Å². The Morgan fingerprint density at radius 2 is 1.94 bits per heavy atom. The Kier molecular flexibility index (Phi) is 7.16. The van der Waals surface area contributed by atoms with Crippen molar-refractivity contribution in [2.45, 2.75) is 26.3 Å². The Labute approximate surface area is 205 Å². The number of ether oxygens (including phenoxy) is 3. The number of allylic oxidation sites excluding steroid dienone is 1. The summed E-state index contributed by atoms with van der Waals surface area (Å²) < 4.78 is 31.9. The van der Waals surface area contributed by atoms with Crippen LogP contribution in [0.2, 0.25) is 0 Å². The van der Waals surface area contributed by atoms with E-state index in [-0.39, 0.29) is 16.9 Å². The van der Waals surface area contributed by atoms with Crippen molar-refractivity contribution in [3.8, 4) is 11.5 Å². The average Bonchev–Trinajstić information content (AvgIpc) is 3.16. The van der Waals surface area contributed by atoms with Crippen molar-refractivity contribution in [2.75, 3.05) is 20.8 Å². The first-order valence-corrected chi connectivity index (χ1v) is 11.9. The van der Waals surface area contributed by atoms with E-state index in [2.05, 4.69) is 4.99 Å². The van der Waals surface area contributed by atoms with E-state index in [1.165, 1.54) is 42.3 Å². The number of benzene rings is 2. The third-order valence-electron chi connectivity index (χ3n) is 5.57. The van der Waals surface area contributed by atoms with E-state index in [0.29, 0.717) is 44.3 Å². The summed E-state index contributed by atoms with van der Waals surface area (Å²) in [5.41, 5.74) is 1.61. The Morgan fingerprint density at radius 1 is 1.20 bits per heavy atom. The molecule has 0 aliphatic carbocycles. The largest absolute Gasteiger partial charge is 0.493 e. The minimum Gasteiger partial charge on any atom is -0.493 e. The number of thiazole rings is 1. The molecule has 35 heavy (non-hydrogen) atoms. The second kappa shape index (κ2) is 10.3. The maximum Gasteiger partial charge on any atom is 0.338 e. The van der Waals surface area contributed by atoms with E-state index in [1.54, 1.807) is 43.3 Å². The van der Waals surface area contributed by atoms with Crippen molar-refractivity contribution < 1.29 is 23.4 Å². The number of aromatic nitrogens is 1. The van der Waals surface area contributed by atoms with Gasteiger partial charge in [0.15, 0.2) is 16.3 Å². The maximum absolute atomic E-state index is 13.7. The molecule has 0 saturated carbocycles. The van der Waals surface area contributed by atoms with Crippen LogP contribution in [0.4, 0.5) is 4.39 Å². The molecule has 4 rings (SSSR count). The molecule has 0 bridgehead atoms. The predicted octanol–water partition coefficient (Wildman–Crippen LogP) is 3.34. The molecule has 0 N–H and O–H groups in total. The molecule has 0 unspecified atom stereocenters. The van der Waals surface area contributed by atoms with Crippen LogP contribution >= 0.6 is 11.3 Å². The second-order valence-electron chi connectivity index (χ2n) is 7.85. The van der Waals surface area contributed by atoms with Crippen LogP contribution in [0.3, 0.4) is 0 Å². The average molecular weight is 497 g/mol. The van der Waals surface area contributed by atoms with Gasteiger partial charge in [-0.1, -0.05) is 42.5 Å². The van der Waals surface area contributed by atoms with Crippen LogP contribution in [0.15, 0.2) is 63.5 Å². The number of rotatable bonds is 7. The standard InChI is InChI=1S/C26H25FN2O5S/c1-5-13-34-23-18(7-6-8-19(23)32-3)22-21(25(31)33-4)15(2)28-26-29(22)24(30)20(35-26)14-16-9-11-17(27)12-10-16/h6-12,14,22H,5,13H2,1-4H3/b20-14-/t22-/m0/s1. The van der Waals surface area contributed by atoms with Gasteiger partial charge in [-0.15, -0.1) is 0 Å². The molecule has 2 aromatic carbocycles. The molecule has 182 valence electrons. The van der Waals surface area contributed by atoms with E-state index in [0.717, 1.165) is 6.42 Å². The highest BCUT2D eigenvalue weighted by Crippen LogP contribution is 2.40. The molecule has 1 aliphatic heterocycles. The highest BCUT2D eigenvalue weighted by atomic mass is 32.1. The molecule has 2 heterocycles. The lowest BCUT2D eigenvalue weighted by Gasteiger charge is -2.26. The smallest absolute Gasteiger partial charge is 0.338 e. The third-order valence-corrected chi connectivity index (χ3v) is 6.55. The van der Waals surface area contributed by atoms with Gasteiger partial charge in [-0.2, -0.15) is 0 Å². The van der Waals surface area contributed by atoms with Crippen LogP contribution in [0, 0.1) is 5.82 Å². The number of fused-ring (bicyclic) bond motifs is 1. The van der Waals surface area contributed by atoms with Gasteiger partial charge in [0.2, 0.25) is 0 Å². The lowest BCUT2D eigenvalue weighted by atomic mass is 9.94. The molecular formula is C26H25FN2O5S. The number of hydrogen-bond donors (Lipinski definition) is 0. The first-order valence-electron chi connectivity index (χ1n) is 11.1. The molecule has 0 saturated heterocycles. The topological polar surface area (TPSA) is 79.1 Å². The highest BCUT2D eigenvalue weighted by molar-refractivity contribution is 7.07. The van der Waals surface area contributed by atoms with Crippen LogP contribution in [0.1, 0.15) is 37.4 Å². The number of carbonyl (C=O) groups is 1. The van der Waals surface area contributed by atoms with Gasteiger partial charge in [-0.3, -0.25) is 9.36 Å². The Balaban J connectivity index is 2.00. The molecule has 1 aliphatic rings. The summed E-state index contributed by atoms with van der Waals surface area (Å²) in [6, 6.07) is 10.4. The van der Waals surface area contributed by atoms with Crippen molar-refractivity contribution in [3.63, 3.8) is 0 Å². The first-order chi connectivity index (χ1) is 16.9. The van der Waals surface area contributed by atoms with Crippen molar-refractivity contribution in [1.82, 2.24) is 4.57 Å². The van der Waals surface area contributed by atoms with Gasteiger partial charge in [0.25, 0.3) is 5.56 Å². The van der Waals surface area contributed by atoms with Gasteiger partial charge < -0.3 is 14.2 Å². The summed E-state index contributed by atoms with van der Waals surface area (Å²) in [5.74, 6) is -0.0118. The molecule has 0 spiro atoms. The van der Waals surface area contributed by atoms with E-state index in [9.17, 15) is 14.0 Å². The highest BCUT2D eigenvalue weighted by Gasteiger charge is 2.35. The van der Waals surface area contributed by atoms with Crippen LogP contribution in [-0.2, 0) is 9.53 Å². The number of esters is 1. The maximum atomic E-state index is 13.7. The summed E-state index contributed by atoms with van der Waals surface area (Å²) in [4.78, 5) is 31.6. The van der Waals surface area contributed by atoms with Crippen molar-refractivity contribution in [2.24, 2.45) is 4.99 Å². The Bertz CT molecular complexity index is 1470. The number of halogens is 1. The fraction of sp³-hybridized carbons (Fsp3) is 0.269. The predicted molar refractivity (Wildman–Crippen MR) is 131 cm³/mol. The summed E-state index contributed by atoms with van der Waals surface area (Å²) in [6.07, 6.45) is 2.44. The quantitative estimate of drug-likeness (QED) is 0.469. The zero-order chi connectivity index (χ0) is 25.1.